The number of hydrogen-bond donors (Lipinski definition) is 2. The highest BCUT2D eigenvalue weighted by atomic mass is 35.5. The van der Waals surface area contributed by atoms with Gasteiger partial charge in [0.15, 0.2) is 5.75 Å². The molecule has 5 heterocycles. The van der Waals surface area contributed by atoms with Gasteiger partial charge in [0.05, 0.1) is 41.7 Å². The molecule has 2 aliphatic rings. The van der Waals surface area contributed by atoms with Crippen molar-refractivity contribution in [2.75, 3.05) is 57.4 Å². The van der Waals surface area contributed by atoms with Crippen LogP contribution in [0.25, 0.3) is 21.8 Å². The third kappa shape index (κ3) is 5.10. The summed E-state index contributed by atoms with van der Waals surface area (Å²) in [4.78, 5) is 29.7. The number of aromatic nitrogens is 5. The maximum atomic E-state index is 14.6. The highest BCUT2D eigenvalue weighted by Gasteiger charge is 2.26. The number of piperazine rings is 1. The summed E-state index contributed by atoms with van der Waals surface area (Å²) < 4.78 is 32.2. The number of amides is 1. The number of anilines is 1. The van der Waals surface area contributed by atoms with E-state index in [0.717, 1.165) is 6.54 Å². The Hall–Kier alpha value is -4.07. The Labute approximate surface area is 233 Å². The monoisotopic (exact) mass is 568 g/mol. The number of aromatic amines is 1. The summed E-state index contributed by atoms with van der Waals surface area (Å²) in [5.41, 5.74) is 0.780. The normalized spacial score (nSPS) is 17.8. The van der Waals surface area contributed by atoms with Crippen molar-refractivity contribution in [1.29, 1.82) is 0 Å². The zero-order valence-corrected chi connectivity index (χ0v) is 22.2. The smallest absolute Gasteiger partial charge is 0.319 e. The van der Waals surface area contributed by atoms with Gasteiger partial charge in [-0.25, -0.2) is 9.37 Å². The lowest BCUT2D eigenvalue weighted by Crippen LogP contribution is -2.48. The second kappa shape index (κ2) is 11.2. The Morgan fingerprint density at radius 3 is 2.90 bits per heavy atom. The fourth-order valence-corrected chi connectivity index (χ4v) is 4.94. The molecule has 4 aromatic rings. The average Bonchev–Trinajstić information content (AvgIpc) is 3.46. The van der Waals surface area contributed by atoms with Crippen LogP contribution in [0.3, 0.4) is 0 Å². The number of nitrogens with zero attached hydrogens (tertiary/aromatic N) is 6. The molecule has 0 aliphatic carbocycles. The van der Waals surface area contributed by atoms with Crippen LogP contribution in [0.15, 0.2) is 37.2 Å². The fraction of sp³-hybridized carbons (Fsp3) is 0.346. The first-order valence-corrected chi connectivity index (χ1v) is 13.2. The van der Waals surface area contributed by atoms with Crippen LogP contribution in [0.2, 0.25) is 5.02 Å². The first-order valence-electron chi connectivity index (χ1n) is 12.8. The molecule has 1 amide bonds. The van der Waals surface area contributed by atoms with Crippen LogP contribution in [-0.2, 0) is 9.53 Å². The molecule has 2 N–H and O–H groups in total. The number of carbonyl (C=O) groups excluding carboxylic acids is 1. The molecular formula is C26H26ClFN8O4. The summed E-state index contributed by atoms with van der Waals surface area (Å²) in [6.07, 6.45) is 4.37. The van der Waals surface area contributed by atoms with Crippen LogP contribution in [0.5, 0.6) is 17.6 Å². The van der Waals surface area contributed by atoms with Gasteiger partial charge in [-0.1, -0.05) is 18.2 Å². The van der Waals surface area contributed by atoms with E-state index < -0.39 is 5.82 Å². The molecular weight excluding hydrogens is 543 g/mol. The van der Waals surface area contributed by atoms with E-state index in [1.807, 2.05) is 0 Å². The molecule has 1 atom stereocenters. The summed E-state index contributed by atoms with van der Waals surface area (Å²) in [7, 11) is 0. The molecule has 3 aromatic heterocycles. The standard InChI is InChI=1S/C26H26ClFN8O4/c1-2-20(37)35-6-8-36(9-7-35)24-16-3-4-30-25(40-23-17-12-31-34-19(17)11-18(28)21(23)27)22(16)32-26(33-24)39-14-15-13-38-10-5-29-15/h2-4,11-12,15,29H,1,5-10,13-14H2,(H,31,34)/t15-/m1/s1. The molecule has 14 heteroatoms. The first kappa shape index (κ1) is 26.2. The van der Waals surface area contributed by atoms with Crippen molar-refractivity contribution in [2.45, 2.75) is 6.04 Å². The number of rotatable bonds is 7. The van der Waals surface area contributed by atoms with E-state index in [-0.39, 0.29) is 41.2 Å². The van der Waals surface area contributed by atoms with E-state index in [1.165, 1.54) is 18.3 Å². The molecule has 2 aliphatic heterocycles. The van der Waals surface area contributed by atoms with Crippen molar-refractivity contribution in [3.63, 3.8) is 0 Å². The van der Waals surface area contributed by atoms with Crippen LogP contribution in [0.4, 0.5) is 10.2 Å². The molecule has 2 saturated heterocycles. The lowest BCUT2D eigenvalue weighted by atomic mass is 10.2. The highest BCUT2D eigenvalue weighted by molar-refractivity contribution is 6.33. The fourth-order valence-electron chi connectivity index (χ4n) is 4.75. The number of benzene rings is 1. The Morgan fingerprint density at radius 2 is 2.12 bits per heavy atom. The number of pyridine rings is 1. The second-order valence-electron chi connectivity index (χ2n) is 9.33. The largest absolute Gasteiger partial charge is 0.462 e. The van der Waals surface area contributed by atoms with Crippen molar-refractivity contribution in [3.05, 3.63) is 48.0 Å². The van der Waals surface area contributed by atoms with Crippen LogP contribution >= 0.6 is 11.6 Å². The van der Waals surface area contributed by atoms with Gasteiger partial charge >= 0.3 is 6.01 Å². The van der Waals surface area contributed by atoms with E-state index in [1.54, 1.807) is 17.2 Å². The molecule has 0 saturated carbocycles. The minimum Gasteiger partial charge on any atom is -0.462 e. The van der Waals surface area contributed by atoms with Gasteiger partial charge in [-0.15, -0.1) is 0 Å². The highest BCUT2D eigenvalue weighted by Crippen LogP contribution is 2.40. The molecule has 0 radical (unpaired) electrons. The van der Waals surface area contributed by atoms with Gasteiger partial charge < -0.3 is 29.3 Å². The third-order valence-electron chi connectivity index (χ3n) is 6.81. The van der Waals surface area contributed by atoms with E-state index in [0.29, 0.717) is 67.0 Å². The maximum absolute atomic E-state index is 14.6. The van der Waals surface area contributed by atoms with Gasteiger partial charge in [0, 0.05) is 45.0 Å². The summed E-state index contributed by atoms with van der Waals surface area (Å²) in [6, 6.07) is 3.13. The van der Waals surface area contributed by atoms with Gasteiger partial charge in [-0.05, 0) is 12.1 Å². The Balaban J connectivity index is 1.39. The predicted molar refractivity (Wildman–Crippen MR) is 146 cm³/mol. The SMILES string of the molecule is C=CC(=O)N1CCN(c2nc(OC[C@H]3COCCN3)nc3c(Oc4c(Cl)c(F)cc5[nH]ncc45)nccc23)CC1. The van der Waals surface area contributed by atoms with E-state index in [2.05, 4.69) is 37.0 Å². The second-order valence-corrected chi connectivity index (χ2v) is 9.71. The molecule has 12 nitrogen and oxygen atoms in total. The van der Waals surface area contributed by atoms with Crippen molar-refractivity contribution in [2.24, 2.45) is 0 Å². The van der Waals surface area contributed by atoms with Gasteiger partial charge in [0.25, 0.3) is 0 Å². The zero-order valence-electron chi connectivity index (χ0n) is 21.4. The van der Waals surface area contributed by atoms with Gasteiger partial charge in [-0.3, -0.25) is 9.89 Å². The zero-order chi connectivity index (χ0) is 27.6. The summed E-state index contributed by atoms with van der Waals surface area (Å²) in [6.45, 7) is 7.82. The number of halogens is 2. The predicted octanol–water partition coefficient (Wildman–Crippen LogP) is 2.69. The average molecular weight is 569 g/mol. The molecule has 6 rings (SSSR count). The van der Waals surface area contributed by atoms with Gasteiger partial charge in [0.2, 0.25) is 11.8 Å². The maximum Gasteiger partial charge on any atom is 0.319 e. The number of hydrogen-bond acceptors (Lipinski definition) is 10. The van der Waals surface area contributed by atoms with Crippen molar-refractivity contribution in [3.8, 4) is 17.6 Å². The molecule has 0 spiro atoms. The Morgan fingerprint density at radius 1 is 1.27 bits per heavy atom. The van der Waals surface area contributed by atoms with E-state index >= 15 is 0 Å². The van der Waals surface area contributed by atoms with Crippen LogP contribution < -0.4 is 19.7 Å². The molecule has 208 valence electrons. The number of ether oxygens (including phenoxy) is 3. The van der Waals surface area contributed by atoms with Crippen LogP contribution in [-0.4, -0.2) is 94.5 Å². The van der Waals surface area contributed by atoms with Crippen molar-refractivity contribution >= 4 is 45.1 Å². The molecule has 2 fully saturated rings. The van der Waals surface area contributed by atoms with Crippen molar-refractivity contribution in [1.82, 2.24) is 35.4 Å². The van der Waals surface area contributed by atoms with Crippen LogP contribution in [0.1, 0.15) is 0 Å². The Bertz CT molecular complexity index is 1570. The molecule has 40 heavy (non-hydrogen) atoms. The van der Waals surface area contributed by atoms with E-state index in [4.69, 9.17) is 30.8 Å². The number of H-pyrrole nitrogens is 1. The summed E-state index contributed by atoms with van der Waals surface area (Å²) in [5.74, 6) is -0.0173. The lowest BCUT2D eigenvalue weighted by Gasteiger charge is -2.35. The van der Waals surface area contributed by atoms with Gasteiger partial charge in [-0.2, -0.15) is 15.1 Å². The summed E-state index contributed by atoms with van der Waals surface area (Å²) >= 11 is 6.31. The lowest BCUT2D eigenvalue weighted by molar-refractivity contribution is -0.126. The first-order chi connectivity index (χ1) is 19.5. The van der Waals surface area contributed by atoms with Crippen molar-refractivity contribution < 1.29 is 23.4 Å². The topological polar surface area (TPSA) is 131 Å². The number of fused-ring (bicyclic) bond motifs is 2. The quantitative estimate of drug-likeness (QED) is 0.321. The van der Waals surface area contributed by atoms with Gasteiger partial charge in [0.1, 0.15) is 28.8 Å². The van der Waals surface area contributed by atoms with E-state index in [9.17, 15) is 9.18 Å². The number of carbonyl (C=O) groups is 1. The minimum absolute atomic E-state index is 0.0185. The Kier molecular flexibility index (Phi) is 7.32. The molecule has 0 bridgehead atoms. The number of nitrogens with one attached hydrogen (secondary N) is 2. The summed E-state index contributed by atoms with van der Waals surface area (Å²) in [5, 5.41) is 11.0. The molecule has 1 aromatic carbocycles. The third-order valence-corrected chi connectivity index (χ3v) is 7.16. The molecule has 0 unspecified atom stereocenters. The number of morpholine rings is 1. The minimum atomic E-state index is -0.665. The van der Waals surface area contributed by atoms with Crippen LogP contribution in [0, 0.1) is 5.82 Å².